The summed E-state index contributed by atoms with van der Waals surface area (Å²) in [5, 5.41) is 14.2. The van der Waals surface area contributed by atoms with Crippen molar-refractivity contribution in [1.29, 1.82) is 0 Å². The van der Waals surface area contributed by atoms with Crippen LogP contribution < -0.4 is 10.6 Å². The van der Waals surface area contributed by atoms with E-state index in [0.29, 0.717) is 5.69 Å². The van der Waals surface area contributed by atoms with Gasteiger partial charge in [0, 0.05) is 23.6 Å². The highest BCUT2D eigenvalue weighted by molar-refractivity contribution is 6.40. The van der Waals surface area contributed by atoms with E-state index in [0.717, 1.165) is 10.9 Å². The molecule has 0 unspecified atom stereocenters. The molecule has 94 valence electrons. The Bertz CT molecular complexity index is 577. The highest BCUT2D eigenvalue weighted by Gasteiger charge is 2.14. The maximum absolute atomic E-state index is 11.6. The minimum atomic E-state index is -0.767. The van der Waals surface area contributed by atoms with Crippen LogP contribution >= 0.6 is 0 Å². The number of aromatic nitrogens is 1. The topological polar surface area (TPSA) is 94.2 Å². The lowest BCUT2D eigenvalue weighted by Gasteiger charge is -2.06. The van der Waals surface area contributed by atoms with Crippen LogP contribution in [0, 0.1) is 0 Å². The largest absolute Gasteiger partial charge is 0.395 e. The Morgan fingerprint density at radius 2 is 2.06 bits per heavy atom. The lowest BCUT2D eigenvalue weighted by molar-refractivity contribution is -0.136. The third-order valence-electron chi connectivity index (χ3n) is 2.45. The summed E-state index contributed by atoms with van der Waals surface area (Å²) in [4.78, 5) is 25.9. The highest BCUT2D eigenvalue weighted by Crippen LogP contribution is 2.21. The van der Waals surface area contributed by atoms with Crippen LogP contribution in [0.15, 0.2) is 30.5 Å². The van der Waals surface area contributed by atoms with Gasteiger partial charge in [0.15, 0.2) is 0 Å². The number of hydrogen-bond acceptors (Lipinski definition) is 3. The Hall–Kier alpha value is -2.34. The van der Waals surface area contributed by atoms with Gasteiger partial charge in [-0.3, -0.25) is 9.59 Å². The molecule has 0 aliphatic rings. The molecule has 0 atom stereocenters. The third-order valence-corrected chi connectivity index (χ3v) is 2.45. The zero-order valence-corrected chi connectivity index (χ0v) is 9.56. The van der Waals surface area contributed by atoms with Gasteiger partial charge in [-0.2, -0.15) is 0 Å². The number of amides is 2. The van der Waals surface area contributed by atoms with E-state index in [1.165, 1.54) is 0 Å². The number of fused-ring (bicyclic) bond motifs is 1. The first kappa shape index (κ1) is 12.1. The van der Waals surface area contributed by atoms with Gasteiger partial charge < -0.3 is 20.7 Å². The summed E-state index contributed by atoms with van der Waals surface area (Å²) in [7, 11) is 0. The van der Waals surface area contributed by atoms with Crippen LogP contribution in [0.5, 0.6) is 0 Å². The summed E-state index contributed by atoms with van der Waals surface area (Å²) in [6.45, 7) is -0.146. The molecule has 0 bridgehead atoms. The fraction of sp³-hybridized carbons (Fsp3) is 0.167. The van der Waals surface area contributed by atoms with Crippen molar-refractivity contribution in [3.05, 3.63) is 30.5 Å². The number of hydrogen-bond donors (Lipinski definition) is 4. The van der Waals surface area contributed by atoms with Gasteiger partial charge in [0.25, 0.3) is 0 Å². The van der Waals surface area contributed by atoms with Gasteiger partial charge >= 0.3 is 11.8 Å². The van der Waals surface area contributed by atoms with E-state index < -0.39 is 11.8 Å². The average molecular weight is 247 g/mol. The maximum Gasteiger partial charge on any atom is 0.313 e. The molecule has 0 aliphatic heterocycles. The van der Waals surface area contributed by atoms with Crippen LogP contribution in [0.2, 0.25) is 0 Å². The summed E-state index contributed by atoms with van der Waals surface area (Å²) in [5.41, 5.74) is 1.45. The molecule has 0 saturated heterocycles. The normalized spacial score (nSPS) is 10.3. The van der Waals surface area contributed by atoms with E-state index in [9.17, 15) is 9.59 Å². The molecule has 0 spiro atoms. The Balaban J connectivity index is 2.11. The number of benzene rings is 1. The zero-order valence-electron chi connectivity index (χ0n) is 9.56. The van der Waals surface area contributed by atoms with Gasteiger partial charge in [-0.05, 0) is 18.2 Å². The van der Waals surface area contributed by atoms with Gasteiger partial charge in [-0.25, -0.2) is 0 Å². The van der Waals surface area contributed by atoms with Crippen molar-refractivity contribution in [2.45, 2.75) is 0 Å². The molecule has 1 aromatic carbocycles. The zero-order chi connectivity index (χ0) is 13.0. The summed E-state index contributed by atoms with van der Waals surface area (Å²) in [6.07, 6.45) is 1.76. The second-order valence-electron chi connectivity index (χ2n) is 3.68. The van der Waals surface area contributed by atoms with E-state index in [1.54, 1.807) is 18.3 Å². The van der Waals surface area contributed by atoms with Crippen LogP contribution in [0.25, 0.3) is 10.9 Å². The summed E-state index contributed by atoms with van der Waals surface area (Å²) in [6, 6.07) is 7.18. The van der Waals surface area contributed by atoms with Crippen molar-refractivity contribution in [2.75, 3.05) is 18.5 Å². The molecule has 1 aromatic heterocycles. The van der Waals surface area contributed by atoms with Crippen molar-refractivity contribution < 1.29 is 14.7 Å². The van der Waals surface area contributed by atoms with Crippen molar-refractivity contribution in [2.24, 2.45) is 0 Å². The number of nitrogens with one attached hydrogen (secondary N) is 3. The first-order valence-electron chi connectivity index (χ1n) is 5.48. The SMILES string of the molecule is O=C(NCCO)C(=O)Nc1cccc2[nH]ccc12. The molecule has 2 rings (SSSR count). The Morgan fingerprint density at radius 3 is 2.83 bits per heavy atom. The van der Waals surface area contributed by atoms with Crippen LogP contribution in [-0.4, -0.2) is 35.1 Å². The molecule has 0 radical (unpaired) electrons. The highest BCUT2D eigenvalue weighted by atomic mass is 16.3. The molecule has 4 N–H and O–H groups in total. The lowest BCUT2D eigenvalue weighted by Crippen LogP contribution is -2.36. The maximum atomic E-state index is 11.6. The smallest absolute Gasteiger partial charge is 0.313 e. The number of rotatable bonds is 3. The molecular formula is C12H13N3O3. The van der Waals surface area contributed by atoms with E-state index in [-0.39, 0.29) is 13.2 Å². The first-order valence-corrected chi connectivity index (χ1v) is 5.48. The van der Waals surface area contributed by atoms with Crippen molar-refractivity contribution >= 4 is 28.4 Å². The number of carbonyl (C=O) groups excluding carboxylic acids is 2. The second-order valence-corrected chi connectivity index (χ2v) is 3.68. The summed E-state index contributed by atoms with van der Waals surface area (Å²) < 4.78 is 0. The Kier molecular flexibility index (Phi) is 3.59. The fourth-order valence-electron chi connectivity index (χ4n) is 1.62. The summed E-state index contributed by atoms with van der Waals surface area (Å²) in [5.74, 6) is -1.52. The molecule has 6 heteroatoms. The van der Waals surface area contributed by atoms with Gasteiger partial charge in [0.1, 0.15) is 0 Å². The number of aromatic amines is 1. The minimum Gasteiger partial charge on any atom is -0.395 e. The molecule has 2 amide bonds. The average Bonchev–Trinajstić information content (AvgIpc) is 2.85. The van der Waals surface area contributed by atoms with Gasteiger partial charge in [-0.15, -0.1) is 0 Å². The predicted octanol–water partition coefficient (Wildman–Crippen LogP) is 0.215. The molecule has 0 fully saturated rings. The van der Waals surface area contributed by atoms with E-state index in [1.807, 2.05) is 12.1 Å². The minimum absolute atomic E-state index is 0.0562. The standard InChI is InChI=1S/C12H13N3O3/c16-7-6-14-11(17)12(18)15-10-3-1-2-9-8(10)4-5-13-9/h1-5,13,16H,6-7H2,(H,14,17)(H,15,18). The van der Waals surface area contributed by atoms with Gasteiger partial charge in [-0.1, -0.05) is 6.07 Å². The van der Waals surface area contributed by atoms with Crippen molar-refractivity contribution in [1.82, 2.24) is 10.3 Å². The van der Waals surface area contributed by atoms with Crippen LogP contribution in [0.3, 0.4) is 0 Å². The molecule has 1 heterocycles. The lowest BCUT2D eigenvalue weighted by atomic mass is 10.2. The second kappa shape index (κ2) is 5.33. The number of anilines is 1. The molecule has 6 nitrogen and oxygen atoms in total. The molecule has 0 saturated carbocycles. The monoisotopic (exact) mass is 247 g/mol. The van der Waals surface area contributed by atoms with E-state index in [4.69, 9.17) is 5.11 Å². The quantitative estimate of drug-likeness (QED) is 0.584. The molecule has 18 heavy (non-hydrogen) atoms. The predicted molar refractivity (Wildman–Crippen MR) is 67.0 cm³/mol. The van der Waals surface area contributed by atoms with Crippen LogP contribution in [-0.2, 0) is 9.59 Å². The van der Waals surface area contributed by atoms with Crippen LogP contribution in [0.4, 0.5) is 5.69 Å². The first-order chi connectivity index (χ1) is 8.72. The van der Waals surface area contributed by atoms with E-state index >= 15 is 0 Å². The number of H-pyrrole nitrogens is 1. The number of carbonyl (C=O) groups is 2. The van der Waals surface area contributed by atoms with Crippen molar-refractivity contribution in [3.8, 4) is 0 Å². The number of aliphatic hydroxyl groups excluding tert-OH is 1. The number of aliphatic hydroxyl groups is 1. The van der Waals surface area contributed by atoms with Crippen LogP contribution in [0.1, 0.15) is 0 Å². The Morgan fingerprint density at radius 1 is 1.22 bits per heavy atom. The Labute approximate surface area is 103 Å². The summed E-state index contributed by atoms with van der Waals surface area (Å²) >= 11 is 0. The molecule has 2 aromatic rings. The van der Waals surface area contributed by atoms with E-state index in [2.05, 4.69) is 15.6 Å². The van der Waals surface area contributed by atoms with Gasteiger partial charge in [0.2, 0.25) is 0 Å². The molecular weight excluding hydrogens is 234 g/mol. The van der Waals surface area contributed by atoms with Crippen molar-refractivity contribution in [3.63, 3.8) is 0 Å². The molecule has 0 aliphatic carbocycles. The third kappa shape index (κ3) is 2.49. The van der Waals surface area contributed by atoms with Gasteiger partial charge in [0.05, 0.1) is 12.3 Å². The fourth-order valence-corrected chi connectivity index (χ4v) is 1.62.